The lowest BCUT2D eigenvalue weighted by Gasteiger charge is -2.10. The highest BCUT2D eigenvalue weighted by atomic mass is 79.9. The molecular formula is C11H3Br4NO4. The van der Waals surface area contributed by atoms with Crippen LogP contribution < -0.4 is 0 Å². The number of carbonyl (C=O) groups excluding carboxylic acids is 3. The monoisotopic (exact) mass is 529 g/mol. The summed E-state index contributed by atoms with van der Waals surface area (Å²) >= 11 is 13.0. The molecule has 1 aliphatic rings. The number of hydrogen-bond acceptors (Lipinski definition) is 4. The maximum atomic E-state index is 12.2. The number of nitrogens with zero attached hydrogens (tertiary/aromatic N) is 1. The van der Waals surface area contributed by atoms with Gasteiger partial charge in [0.15, 0.2) is 0 Å². The van der Waals surface area contributed by atoms with Crippen molar-refractivity contribution in [2.75, 3.05) is 0 Å². The largest absolute Gasteiger partial charge is 0.356 e. The van der Waals surface area contributed by atoms with E-state index in [0.29, 0.717) is 23.0 Å². The van der Waals surface area contributed by atoms with Gasteiger partial charge in [-0.25, -0.2) is 4.79 Å². The summed E-state index contributed by atoms with van der Waals surface area (Å²) in [5.41, 5.74) is 0.211. The van der Waals surface area contributed by atoms with Gasteiger partial charge < -0.3 is 4.84 Å². The fraction of sp³-hybridized carbons (Fsp3) is 0. The fourth-order valence-corrected chi connectivity index (χ4v) is 4.00. The molecule has 1 aromatic carbocycles. The van der Waals surface area contributed by atoms with Gasteiger partial charge in [0.25, 0.3) is 11.8 Å². The van der Waals surface area contributed by atoms with Crippen LogP contribution in [0.25, 0.3) is 0 Å². The van der Waals surface area contributed by atoms with E-state index in [0.717, 1.165) is 6.08 Å². The van der Waals surface area contributed by atoms with Gasteiger partial charge in [-0.15, -0.1) is 0 Å². The van der Waals surface area contributed by atoms with Crippen LogP contribution in [-0.4, -0.2) is 22.8 Å². The molecule has 2 amide bonds. The summed E-state index contributed by atoms with van der Waals surface area (Å²) in [6.07, 6.45) is 0.861. The van der Waals surface area contributed by atoms with E-state index in [-0.39, 0.29) is 11.1 Å². The number of carbonyl (C=O) groups is 3. The minimum atomic E-state index is -0.898. The maximum Gasteiger partial charge on any atom is 0.356 e. The van der Waals surface area contributed by atoms with Crippen molar-refractivity contribution in [1.29, 1.82) is 0 Å². The number of benzene rings is 1. The summed E-state index contributed by atoms with van der Waals surface area (Å²) in [5, 5.41) is 0.406. The van der Waals surface area contributed by atoms with Crippen molar-refractivity contribution in [3.8, 4) is 0 Å². The molecule has 9 heteroatoms. The highest BCUT2D eigenvalue weighted by Crippen LogP contribution is 2.45. The van der Waals surface area contributed by atoms with E-state index in [2.05, 4.69) is 75.1 Å². The van der Waals surface area contributed by atoms with Gasteiger partial charge in [0.1, 0.15) is 0 Å². The Balaban J connectivity index is 2.63. The molecule has 20 heavy (non-hydrogen) atoms. The zero-order valence-electron chi connectivity index (χ0n) is 9.38. The average molecular weight is 533 g/mol. The van der Waals surface area contributed by atoms with E-state index in [1.54, 1.807) is 0 Å². The van der Waals surface area contributed by atoms with Gasteiger partial charge in [-0.3, -0.25) is 9.59 Å². The number of amides is 2. The van der Waals surface area contributed by atoms with Crippen LogP contribution in [0.4, 0.5) is 0 Å². The van der Waals surface area contributed by atoms with E-state index in [4.69, 9.17) is 0 Å². The SMILES string of the molecule is C=CC(=O)ON1C(=O)c2c(Br)c(Br)c(Br)c(Br)c2C1=O. The summed E-state index contributed by atoms with van der Waals surface area (Å²) in [6.45, 7) is 3.21. The van der Waals surface area contributed by atoms with E-state index in [9.17, 15) is 14.4 Å². The van der Waals surface area contributed by atoms with Crippen LogP contribution in [0.15, 0.2) is 30.5 Å². The lowest BCUT2D eigenvalue weighted by atomic mass is 10.1. The quantitative estimate of drug-likeness (QED) is 0.250. The molecule has 0 aromatic heterocycles. The van der Waals surface area contributed by atoms with Crippen molar-refractivity contribution >= 4 is 81.5 Å². The molecule has 1 aromatic rings. The molecule has 0 atom stereocenters. The second kappa shape index (κ2) is 5.70. The van der Waals surface area contributed by atoms with Crippen LogP contribution >= 0.6 is 63.7 Å². The molecule has 0 saturated carbocycles. The predicted molar refractivity (Wildman–Crippen MR) is 84.0 cm³/mol. The summed E-state index contributed by atoms with van der Waals surface area (Å²) in [5.74, 6) is -2.37. The number of hydroxylamine groups is 2. The lowest BCUT2D eigenvalue weighted by Crippen LogP contribution is -2.32. The highest BCUT2D eigenvalue weighted by Gasteiger charge is 2.43. The Kier molecular flexibility index (Phi) is 4.53. The zero-order valence-corrected chi connectivity index (χ0v) is 15.7. The fourth-order valence-electron chi connectivity index (χ4n) is 1.54. The van der Waals surface area contributed by atoms with Gasteiger partial charge in [-0.05, 0) is 63.7 Å². The lowest BCUT2D eigenvalue weighted by molar-refractivity contribution is -0.162. The third kappa shape index (κ3) is 2.30. The number of imide groups is 1. The summed E-state index contributed by atoms with van der Waals surface area (Å²) < 4.78 is 1.89. The molecule has 0 fully saturated rings. The number of halogens is 4. The van der Waals surface area contributed by atoms with Crippen molar-refractivity contribution in [2.45, 2.75) is 0 Å². The summed E-state index contributed by atoms with van der Waals surface area (Å²) in [4.78, 5) is 40.3. The summed E-state index contributed by atoms with van der Waals surface area (Å²) in [7, 11) is 0. The number of rotatable bonds is 2. The highest BCUT2D eigenvalue weighted by molar-refractivity contribution is 9.15. The third-order valence-electron chi connectivity index (χ3n) is 2.41. The molecule has 0 aliphatic carbocycles. The van der Waals surface area contributed by atoms with Gasteiger partial charge in [0.05, 0.1) is 11.1 Å². The Morgan fingerprint density at radius 3 is 1.70 bits per heavy atom. The van der Waals surface area contributed by atoms with Crippen LogP contribution in [0.2, 0.25) is 0 Å². The van der Waals surface area contributed by atoms with E-state index < -0.39 is 17.8 Å². The van der Waals surface area contributed by atoms with E-state index >= 15 is 0 Å². The van der Waals surface area contributed by atoms with Gasteiger partial charge in [-0.1, -0.05) is 11.6 Å². The van der Waals surface area contributed by atoms with Crippen molar-refractivity contribution in [2.24, 2.45) is 0 Å². The first-order valence-electron chi connectivity index (χ1n) is 4.90. The molecule has 0 unspecified atom stereocenters. The van der Waals surface area contributed by atoms with Crippen molar-refractivity contribution in [1.82, 2.24) is 5.06 Å². The maximum absolute atomic E-state index is 12.2. The minimum Gasteiger partial charge on any atom is -0.325 e. The van der Waals surface area contributed by atoms with Crippen LogP contribution in [0.3, 0.4) is 0 Å². The van der Waals surface area contributed by atoms with Gasteiger partial charge in [0.2, 0.25) is 0 Å². The number of fused-ring (bicyclic) bond motifs is 1. The Hall–Kier alpha value is -0.510. The smallest absolute Gasteiger partial charge is 0.325 e. The average Bonchev–Trinajstić information content (AvgIpc) is 2.67. The summed E-state index contributed by atoms with van der Waals surface area (Å²) in [6, 6.07) is 0. The van der Waals surface area contributed by atoms with Crippen LogP contribution in [0.5, 0.6) is 0 Å². The van der Waals surface area contributed by atoms with Crippen LogP contribution in [0, 0.1) is 0 Å². The standard InChI is InChI=1S/C11H3Br4NO4/c1-2-3(17)20-16-10(18)4-5(11(16)19)7(13)9(15)8(14)6(4)12/h2H,1H2. The predicted octanol–water partition coefficient (Wildman–Crippen LogP) is 3.98. The molecule has 104 valence electrons. The van der Waals surface area contributed by atoms with E-state index in [1.807, 2.05) is 0 Å². The van der Waals surface area contributed by atoms with Crippen LogP contribution in [0.1, 0.15) is 20.7 Å². The molecule has 0 spiro atoms. The molecule has 2 rings (SSSR count). The first-order valence-corrected chi connectivity index (χ1v) is 8.07. The molecule has 0 radical (unpaired) electrons. The molecule has 1 aliphatic heterocycles. The number of hydrogen-bond donors (Lipinski definition) is 0. The molecule has 5 nitrogen and oxygen atoms in total. The Bertz CT molecular complexity index is 639. The Morgan fingerprint density at radius 2 is 1.35 bits per heavy atom. The Labute approximate surface area is 146 Å². The normalized spacial score (nSPS) is 13.5. The van der Waals surface area contributed by atoms with Crippen molar-refractivity contribution in [3.63, 3.8) is 0 Å². The van der Waals surface area contributed by atoms with E-state index in [1.165, 1.54) is 0 Å². The van der Waals surface area contributed by atoms with Crippen LogP contribution in [-0.2, 0) is 9.63 Å². The molecule has 0 bridgehead atoms. The zero-order chi connectivity index (χ0) is 15.2. The first kappa shape index (κ1) is 15.9. The second-order valence-corrected chi connectivity index (χ2v) is 6.70. The molecule has 0 saturated heterocycles. The van der Waals surface area contributed by atoms with Crippen molar-refractivity contribution < 1.29 is 19.2 Å². The second-order valence-electron chi connectivity index (χ2n) is 3.53. The topological polar surface area (TPSA) is 63.7 Å². The van der Waals surface area contributed by atoms with Crippen molar-refractivity contribution in [3.05, 3.63) is 41.7 Å². The third-order valence-corrected chi connectivity index (χ3v) is 7.18. The van der Waals surface area contributed by atoms with Gasteiger partial charge in [-0.2, -0.15) is 0 Å². The van der Waals surface area contributed by atoms with Gasteiger partial charge >= 0.3 is 5.97 Å². The molecule has 1 heterocycles. The molecular weight excluding hydrogens is 530 g/mol. The Morgan fingerprint density at radius 1 is 0.950 bits per heavy atom. The first-order chi connectivity index (χ1) is 9.31. The minimum absolute atomic E-state index is 0.105. The van der Waals surface area contributed by atoms with Gasteiger partial charge in [0, 0.05) is 24.0 Å². The molecule has 0 N–H and O–H groups in total.